The van der Waals surface area contributed by atoms with Gasteiger partial charge in [-0.2, -0.15) is 0 Å². The lowest BCUT2D eigenvalue weighted by molar-refractivity contribution is -0.140. The molecule has 2 amide bonds. The minimum atomic E-state index is -0.598. The van der Waals surface area contributed by atoms with Crippen molar-refractivity contribution in [2.45, 2.75) is 38.7 Å². The maximum absolute atomic E-state index is 11.7. The third-order valence-electron chi connectivity index (χ3n) is 2.74. The molecule has 1 aromatic heterocycles. The van der Waals surface area contributed by atoms with Gasteiger partial charge in [0, 0.05) is 12.4 Å². The minimum absolute atomic E-state index is 0.169. The highest BCUT2D eigenvalue weighted by Crippen LogP contribution is 2.23. The lowest BCUT2D eigenvalue weighted by Gasteiger charge is -2.22. The Morgan fingerprint density at radius 1 is 1.47 bits per heavy atom. The number of ether oxygens (including phenoxy) is 2. The molecular formula is C12H18N4O3. The van der Waals surface area contributed by atoms with Crippen LogP contribution in [0, 0.1) is 0 Å². The topological polar surface area (TPSA) is 85.4 Å². The van der Waals surface area contributed by atoms with Gasteiger partial charge in [0.05, 0.1) is 12.6 Å². The highest BCUT2D eigenvalue weighted by molar-refractivity contribution is 5.87. The van der Waals surface area contributed by atoms with Crippen molar-refractivity contribution in [3.63, 3.8) is 0 Å². The number of rotatable bonds is 3. The van der Waals surface area contributed by atoms with Gasteiger partial charge in [-0.1, -0.05) is 0 Å². The lowest BCUT2D eigenvalue weighted by atomic mass is 10.2. The van der Waals surface area contributed by atoms with Crippen molar-refractivity contribution in [2.75, 3.05) is 11.9 Å². The third kappa shape index (κ3) is 3.87. The van der Waals surface area contributed by atoms with Crippen LogP contribution in [-0.2, 0) is 9.47 Å². The van der Waals surface area contributed by atoms with Crippen molar-refractivity contribution in [1.82, 2.24) is 15.3 Å². The summed E-state index contributed by atoms with van der Waals surface area (Å²) in [5.74, 6) is -0.337. The summed E-state index contributed by atoms with van der Waals surface area (Å²) in [6.45, 7) is 6.01. The Labute approximate surface area is 111 Å². The van der Waals surface area contributed by atoms with Gasteiger partial charge in [0.15, 0.2) is 5.79 Å². The first-order valence-corrected chi connectivity index (χ1v) is 6.12. The summed E-state index contributed by atoms with van der Waals surface area (Å²) in [7, 11) is 0. The molecule has 2 N–H and O–H groups in total. The molecule has 1 saturated heterocycles. The van der Waals surface area contributed by atoms with E-state index in [0.717, 1.165) is 0 Å². The van der Waals surface area contributed by atoms with Crippen molar-refractivity contribution in [2.24, 2.45) is 0 Å². The molecule has 7 nitrogen and oxygen atoms in total. The van der Waals surface area contributed by atoms with Gasteiger partial charge >= 0.3 is 6.03 Å². The molecule has 1 aliphatic heterocycles. The molecule has 2 heterocycles. The van der Waals surface area contributed by atoms with Crippen molar-refractivity contribution >= 4 is 12.0 Å². The van der Waals surface area contributed by atoms with E-state index in [9.17, 15) is 4.79 Å². The van der Waals surface area contributed by atoms with Crippen LogP contribution < -0.4 is 10.6 Å². The predicted octanol–water partition coefficient (Wildman–Crippen LogP) is 1.14. The molecule has 0 aromatic carbocycles. The zero-order valence-corrected chi connectivity index (χ0v) is 11.2. The van der Waals surface area contributed by atoms with Crippen LogP contribution in [-0.4, -0.2) is 40.5 Å². The second kappa shape index (κ2) is 5.50. The van der Waals surface area contributed by atoms with E-state index in [4.69, 9.17) is 9.47 Å². The molecule has 2 atom stereocenters. The van der Waals surface area contributed by atoms with E-state index in [0.29, 0.717) is 6.61 Å². The fraction of sp³-hybridized carbons (Fsp3) is 0.583. The monoisotopic (exact) mass is 266 g/mol. The zero-order valence-electron chi connectivity index (χ0n) is 11.2. The molecule has 19 heavy (non-hydrogen) atoms. The maximum atomic E-state index is 11.7. The number of anilines is 1. The summed E-state index contributed by atoms with van der Waals surface area (Å²) < 4.78 is 11.1. The number of urea groups is 1. The maximum Gasteiger partial charge on any atom is 0.321 e. The zero-order chi connectivity index (χ0) is 13.9. The van der Waals surface area contributed by atoms with Gasteiger partial charge in [-0.15, -0.1) is 0 Å². The van der Waals surface area contributed by atoms with Crippen molar-refractivity contribution in [3.05, 3.63) is 18.5 Å². The van der Waals surface area contributed by atoms with E-state index < -0.39 is 5.79 Å². The number of aromatic nitrogens is 2. The Kier molecular flexibility index (Phi) is 3.96. The quantitative estimate of drug-likeness (QED) is 0.856. The summed E-state index contributed by atoms with van der Waals surface area (Å²) in [4.78, 5) is 19.6. The highest BCUT2D eigenvalue weighted by atomic mass is 16.7. The first-order chi connectivity index (χ1) is 8.96. The largest absolute Gasteiger partial charge is 0.348 e. The molecule has 0 spiro atoms. The summed E-state index contributed by atoms with van der Waals surface area (Å²) in [6.07, 6.45) is 2.95. The molecule has 0 saturated carbocycles. The second-order valence-corrected chi connectivity index (χ2v) is 4.83. The Morgan fingerprint density at radius 3 is 2.74 bits per heavy atom. The van der Waals surface area contributed by atoms with Crippen LogP contribution in [0.1, 0.15) is 20.8 Å². The van der Waals surface area contributed by atoms with Crippen LogP contribution in [0.3, 0.4) is 0 Å². The smallest absolute Gasteiger partial charge is 0.321 e. The number of carbonyl (C=O) groups excluding carboxylic acids is 1. The molecular weight excluding hydrogens is 248 g/mol. The Morgan fingerprint density at radius 2 is 2.16 bits per heavy atom. The highest BCUT2D eigenvalue weighted by Gasteiger charge is 2.36. The van der Waals surface area contributed by atoms with E-state index >= 15 is 0 Å². The van der Waals surface area contributed by atoms with E-state index in [1.54, 1.807) is 18.5 Å². The van der Waals surface area contributed by atoms with Crippen LogP contribution >= 0.6 is 0 Å². The number of carbonyl (C=O) groups is 1. The van der Waals surface area contributed by atoms with E-state index in [1.165, 1.54) is 0 Å². The van der Waals surface area contributed by atoms with Gasteiger partial charge in [0.2, 0.25) is 5.95 Å². The number of amides is 2. The average molecular weight is 266 g/mol. The first kappa shape index (κ1) is 13.7. The second-order valence-electron chi connectivity index (χ2n) is 4.83. The van der Waals surface area contributed by atoms with Crippen molar-refractivity contribution < 1.29 is 14.3 Å². The summed E-state index contributed by atoms with van der Waals surface area (Å²) in [5, 5.41) is 5.32. The van der Waals surface area contributed by atoms with Crippen LogP contribution in [0.4, 0.5) is 10.7 Å². The van der Waals surface area contributed by atoms with Gasteiger partial charge in [-0.3, -0.25) is 5.32 Å². The number of nitrogens with zero attached hydrogens (tertiary/aromatic N) is 2. The van der Waals surface area contributed by atoms with E-state index in [2.05, 4.69) is 20.6 Å². The lowest BCUT2D eigenvalue weighted by Crippen LogP contribution is -2.44. The van der Waals surface area contributed by atoms with Crippen LogP contribution in [0.15, 0.2) is 18.5 Å². The number of hydrogen-bond donors (Lipinski definition) is 2. The van der Waals surface area contributed by atoms with Gasteiger partial charge in [0.1, 0.15) is 6.10 Å². The van der Waals surface area contributed by atoms with E-state index in [1.807, 2.05) is 20.8 Å². The minimum Gasteiger partial charge on any atom is -0.348 e. The standard InChI is InChI=1S/C12H18N4O3/c1-8(9-7-18-12(2,3)19-9)15-11(17)16-10-13-5-4-6-14-10/h4-6,8-9H,7H2,1-3H3,(H2,13,14,15,16,17)/t8-,9+/m0/s1. The molecule has 7 heteroatoms. The van der Waals surface area contributed by atoms with Crippen LogP contribution in [0.25, 0.3) is 0 Å². The van der Waals surface area contributed by atoms with Gasteiger partial charge in [-0.05, 0) is 26.8 Å². The molecule has 0 aliphatic carbocycles. The Hall–Kier alpha value is -1.73. The Balaban J connectivity index is 1.82. The molecule has 1 fully saturated rings. The summed E-state index contributed by atoms with van der Waals surface area (Å²) in [5.41, 5.74) is 0. The molecule has 104 valence electrons. The van der Waals surface area contributed by atoms with Crippen LogP contribution in [0.5, 0.6) is 0 Å². The molecule has 1 aromatic rings. The van der Waals surface area contributed by atoms with Crippen LogP contribution in [0.2, 0.25) is 0 Å². The predicted molar refractivity (Wildman–Crippen MR) is 68.6 cm³/mol. The first-order valence-electron chi connectivity index (χ1n) is 6.12. The van der Waals surface area contributed by atoms with Crippen molar-refractivity contribution in [1.29, 1.82) is 0 Å². The molecule has 1 aliphatic rings. The van der Waals surface area contributed by atoms with E-state index in [-0.39, 0.29) is 24.1 Å². The van der Waals surface area contributed by atoms with Gasteiger partial charge in [-0.25, -0.2) is 14.8 Å². The number of nitrogens with one attached hydrogen (secondary N) is 2. The molecule has 0 bridgehead atoms. The fourth-order valence-electron chi connectivity index (χ4n) is 1.76. The molecule has 0 unspecified atom stereocenters. The molecule has 0 radical (unpaired) electrons. The fourth-order valence-corrected chi connectivity index (χ4v) is 1.76. The third-order valence-corrected chi connectivity index (χ3v) is 2.74. The van der Waals surface area contributed by atoms with Gasteiger partial charge < -0.3 is 14.8 Å². The Bertz CT molecular complexity index is 438. The molecule has 2 rings (SSSR count). The van der Waals surface area contributed by atoms with Crippen molar-refractivity contribution in [3.8, 4) is 0 Å². The normalized spacial score (nSPS) is 22.8. The summed E-state index contributed by atoms with van der Waals surface area (Å²) in [6, 6.07) is 1.13. The summed E-state index contributed by atoms with van der Waals surface area (Å²) >= 11 is 0. The number of hydrogen-bond acceptors (Lipinski definition) is 5. The average Bonchev–Trinajstić information content (AvgIpc) is 2.71. The SMILES string of the molecule is C[C@H](NC(=O)Nc1ncccn1)[C@H]1COC(C)(C)O1. The van der Waals surface area contributed by atoms with Gasteiger partial charge in [0.25, 0.3) is 0 Å².